The summed E-state index contributed by atoms with van der Waals surface area (Å²) in [7, 11) is -9.57. The van der Waals surface area contributed by atoms with Gasteiger partial charge >= 0.3 is 0 Å². The summed E-state index contributed by atoms with van der Waals surface area (Å²) in [5, 5.41) is 54.4. The second-order valence-electron chi connectivity index (χ2n) is 10.4. The van der Waals surface area contributed by atoms with Crippen molar-refractivity contribution >= 4 is 105 Å². The van der Waals surface area contributed by atoms with Gasteiger partial charge in [0, 0.05) is 26.4 Å². The molecule has 0 aromatic heterocycles. The lowest BCUT2D eigenvalue weighted by Crippen LogP contribution is -2.04. The summed E-state index contributed by atoms with van der Waals surface area (Å²) in [6.07, 6.45) is 0. The molecule has 0 saturated carbocycles. The Balaban J connectivity index is 1.45. The van der Waals surface area contributed by atoms with Crippen LogP contribution >= 0.6 is 24.1 Å². The number of nitrogen functional groups attached to an aromatic ring is 1. The third-order valence-corrected chi connectivity index (χ3v) is 10.5. The number of azo groups is 2. The van der Waals surface area contributed by atoms with E-state index in [0.29, 0.717) is 28.0 Å². The third kappa shape index (κ3) is 7.68. The van der Waals surface area contributed by atoms with Crippen LogP contribution in [0.2, 0.25) is 0 Å². The maximum absolute atomic E-state index is 12.1. The molecule has 0 radical (unpaired) electrons. The number of hydrogen-bond acceptors (Lipinski definition) is 18. The van der Waals surface area contributed by atoms with E-state index in [2.05, 4.69) is 39.2 Å². The summed E-state index contributed by atoms with van der Waals surface area (Å²) >= 11 is 1.10. The van der Waals surface area contributed by atoms with Crippen LogP contribution in [-0.4, -0.2) is 41.6 Å². The zero-order valence-electron chi connectivity index (χ0n) is 25.6. The fraction of sp³-hybridized carbons (Fsp3) is 0. The van der Waals surface area contributed by atoms with Gasteiger partial charge in [0.1, 0.15) is 10.6 Å². The lowest BCUT2D eigenvalue weighted by Gasteiger charge is -2.13. The minimum absolute atomic E-state index is 0.0231. The Bertz CT molecular complexity index is 2660. The first-order valence-corrected chi connectivity index (χ1v) is 18.4. The van der Waals surface area contributed by atoms with Crippen molar-refractivity contribution in [1.29, 1.82) is 0 Å². The van der Waals surface area contributed by atoms with Gasteiger partial charge in [0.15, 0.2) is 5.75 Å². The van der Waals surface area contributed by atoms with Gasteiger partial charge in [0.05, 0.1) is 56.6 Å². The van der Waals surface area contributed by atoms with Gasteiger partial charge in [-0.1, -0.05) is 34.3 Å². The van der Waals surface area contributed by atoms with Crippen LogP contribution in [0.5, 0.6) is 5.75 Å². The predicted octanol–water partition coefficient (Wildman–Crippen LogP) is 8.61. The Morgan fingerprint density at radius 2 is 1.27 bits per heavy atom. The highest BCUT2D eigenvalue weighted by Gasteiger charge is 2.24. The molecule has 0 aliphatic rings. The molecular formula is C30H21N5O13S4. The Labute approximate surface area is 300 Å². The van der Waals surface area contributed by atoms with Crippen LogP contribution in [0.4, 0.5) is 28.4 Å². The van der Waals surface area contributed by atoms with E-state index >= 15 is 0 Å². The van der Waals surface area contributed by atoms with Crippen molar-refractivity contribution in [2.45, 2.75) is 19.6 Å². The topological polar surface area (TPSA) is 282 Å². The van der Waals surface area contributed by atoms with E-state index in [1.165, 1.54) is 24.3 Å². The van der Waals surface area contributed by atoms with Gasteiger partial charge in [0.25, 0.3) is 20.2 Å². The second-order valence-corrected chi connectivity index (χ2v) is 14.7. The molecule has 0 fully saturated rings. The van der Waals surface area contributed by atoms with Crippen molar-refractivity contribution in [3.05, 3.63) is 84.9 Å². The van der Waals surface area contributed by atoms with Gasteiger partial charge in [-0.15, -0.1) is 24.0 Å². The Kier molecular flexibility index (Phi) is 10.7. The molecule has 0 aliphatic heterocycles. The minimum atomic E-state index is -4.89. The zero-order chi connectivity index (χ0) is 37.2. The molecule has 6 rings (SSSR count). The van der Waals surface area contributed by atoms with Crippen molar-refractivity contribution in [2.24, 2.45) is 20.5 Å². The van der Waals surface area contributed by atoms with Crippen molar-refractivity contribution in [2.75, 3.05) is 5.73 Å². The van der Waals surface area contributed by atoms with Gasteiger partial charge in [-0.05, 0) is 71.4 Å². The number of phenolic OH excluding ortho intramolecular Hbond substituents is 1. The molecule has 0 atom stereocenters. The molecular weight excluding hydrogens is 767 g/mol. The highest BCUT2D eigenvalue weighted by atomic mass is 32.2. The number of hydrogen-bond donors (Lipinski definition) is 6. The molecule has 0 saturated heterocycles. The van der Waals surface area contributed by atoms with Gasteiger partial charge in [-0.25, -0.2) is 10.5 Å². The van der Waals surface area contributed by atoms with Crippen molar-refractivity contribution in [3.8, 4) is 5.75 Å². The minimum Gasteiger partial charge on any atom is -0.505 e. The van der Waals surface area contributed by atoms with Crippen molar-refractivity contribution in [3.63, 3.8) is 0 Å². The van der Waals surface area contributed by atoms with E-state index in [9.17, 15) is 31.0 Å². The average molecular weight is 788 g/mol. The highest BCUT2D eigenvalue weighted by Crippen LogP contribution is 2.47. The van der Waals surface area contributed by atoms with Crippen LogP contribution in [0.1, 0.15) is 0 Å². The number of rotatable bonds is 12. The van der Waals surface area contributed by atoms with Crippen LogP contribution in [-0.2, 0) is 39.0 Å². The lowest BCUT2D eigenvalue weighted by atomic mass is 10.1. The first kappa shape index (κ1) is 37.0. The molecule has 52 heavy (non-hydrogen) atoms. The predicted molar refractivity (Wildman–Crippen MR) is 187 cm³/mol. The summed E-state index contributed by atoms with van der Waals surface area (Å²) in [6.45, 7) is 0. The maximum Gasteiger partial charge on any atom is 0.297 e. The Morgan fingerprint density at radius 1 is 0.615 bits per heavy atom. The fourth-order valence-electron chi connectivity index (χ4n) is 5.18. The van der Waals surface area contributed by atoms with Crippen LogP contribution in [0.25, 0.3) is 32.3 Å². The molecule has 0 amide bonds. The Hall–Kier alpha value is -4.82. The number of fused-ring (bicyclic) bond motifs is 3. The van der Waals surface area contributed by atoms with E-state index < -0.39 is 35.8 Å². The molecule has 268 valence electrons. The average Bonchev–Trinajstić information content (AvgIpc) is 3.10. The summed E-state index contributed by atoms with van der Waals surface area (Å²) in [6, 6.07) is 20.7. The standard InChI is InChI=1S/C30H21N5O13S4/c31-23-9-8-20-22(30(23)52(42,43)44)14-27(50-48-46-38)28(29(20)36)35-34-25-11-10-24(19-7-5-17(13-21(19)25)51(39,40)41)33-32-16-4-6-18-15(12-16)2-1-3-26(18)49-47-45-37/h1-14,36-38H,31H2,(H,39,40,41)(H,42,43,44)/b33-32+,35-34+. The third-order valence-electron chi connectivity index (χ3n) is 7.38. The molecule has 6 aromatic carbocycles. The fourth-order valence-corrected chi connectivity index (χ4v) is 7.50. The SMILES string of the molecule is Nc1ccc2c(O)c(/N=N/c3ccc(/N=N/c4ccc5c(SOOO)cccc5c4)c4ccc(S(=O)(=O)O)cc34)c(SOOO)cc2c1S(=O)(=O)O. The van der Waals surface area contributed by atoms with Crippen molar-refractivity contribution in [1.82, 2.24) is 0 Å². The number of aromatic hydroxyl groups is 1. The largest absolute Gasteiger partial charge is 0.505 e. The van der Waals surface area contributed by atoms with Crippen LogP contribution < -0.4 is 5.73 Å². The summed E-state index contributed by atoms with van der Waals surface area (Å²) in [4.78, 5) is -0.691. The molecule has 0 spiro atoms. The highest BCUT2D eigenvalue weighted by molar-refractivity contribution is 7.95. The molecule has 0 unspecified atom stereocenters. The number of phenols is 1. The summed E-state index contributed by atoms with van der Waals surface area (Å²) < 4.78 is 77.0. The zero-order valence-corrected chi connectivity index (χ0v) is 28.9. The second kappa shape index (κ2) is 15.0. The smallest absolute Gasteiger partial charge is 0.297 e. The summed E-state index contributed by atoms with van der Waals surface area (Å²) in [5.41, 5.74) is 5.88. The molecule has 22 heteroatoms. The monoisotopic (exact) mass is 787 g/mol. The number of nitrogens with two attached hydrogens (primary N) is 1. The number of nitrogens with zero attached hydrogens (tertiary/aromatic N) is 4. The number of anilines is 1. The van der Waals surface area contributed by atoms with Crippen LogP contribution in [0, 0.1) is 0 Å². The van der Waals surface area contributed by atoms with Gasteiger partial charge in [-0.2, -0.15) is 21.9 Å². The van der Waals surface area contributed by atoms with Crippen molar-refractivity contribution < 1.29 is 60.3 Å². The molecule has 18 nitrogen and oxygen atoms in total. The lowest BCUT2D eigenvalue weighted by molar-refractivity contribution is -0.432. The maximum atomic E-state index is 12.1. The van der Waals surface area contributed by atoms with Gasteiger partial charge in [-0.3, -0.25) is 9.11 Å². The summed E-state index contributed by atoms with van der Waals surface area (Å²) in [5.74, 6) is -0.640. The van der Waals surface area contributed by atoms with E-state index in [-0.39, 0.29) is 43.8 Å². The molecule has 0 heterocycles. The van der Waals surface area contributed by atoms with E-state index in [1.807, 2.05) is 6.07 Å². The normalized spacial score (nSPS) is 12.6. The molecule has 0 aliphatic carbocycles. The van der Waals surface area contributed by atoms with E-state index in [0.717, 1.165) is 47.1 Å². The van der Waals surface area contributed by atoms with E-state index in [1.54, 1.807) is 30.3 Å². The number of benzene rings is 6. The molecule has 6 aromatic rings. The molecule has 0 bridgehead atoms. The first-order chi connectivity index (χ1) is 24.8. The Morgan fingerprint density at radius 3 is 1.96 bits per heavy atom. The van der Waals surface area contributed by atoms with Gasteiger partial charge < -0.3 is 10.8 Å². The van der Waals surface area contributed by atoms with Crippen LogP contribution in [0.15, 0.2) is 125 Å². The van der Waals surface area contributed by atoms with Crippen LogP contribution in [0.3, 0.4) is 0 Å². The van der Waals surface area contributed by atoms with Gasteiger partial charge in [0.2, 0.25) is 0 Å². The quantitative estimate of drug-likeness (QED) is 0.0169. The van der Waals surface area contributed by atoms with E-state index in [4.69, 9.17) is 16.2 Å². The first-order valence-electron chi connectivity index (χ1n) is 14.1. The molecule has 7 N–H and O–H groups in total.